The molecule has 656 valence electrons. The van der Waals surface area contributed by atoms with Crippen LogP contribution in [0.15, 0.2) is 255 Å². The molecule has 20 heteroatoms. The minimum atomic E-state index is -0.0238. The van der Waals surface area contributed by atoms with Crippen molar-refractivity contribution in [2.75, 3.05) is 98.6 Å². The lowest BCUT2D eigenvalue weighted by Crippen LogP contribution is -2.43. The average molecular weight is 1700 g/mol. The van der Waals surface area contributed by atoms with E-state index in [9.17, 15) is 19.2 Å². The van der Waals surface area contributed by atoms with Gasteiger partial charge < -0.3 is 59.8 Å². The number of hydrogen-bond donors (Lipinski definition) is 4. The second-order valence-corrected chi connectivity index (χ2v) is 34.0. The maximum absolute atomic E-state index is 12.6. The molecule has 0 spiro atoms. The highest BCUT2D eigenvalue weighted by Gasteiger charge is 2.27. The number of morpholine rings is 4. The van der Waals surface area contributed by atoms with Crippen molar-refractivity contribution in [1.29, 1.82) is 0 Å². The number of anilines is 4. The number of ether oxygens (including phenoxy) is 4. The summed E-state index contributed by atoms with van der Waals surface area (Å²) in [6.45, 7) is 30.8. The minimum Gasteiger partial charge on any atom is -0.377 e. The van der Waals surface area contributed by atoms with Gasteiger partial charge in [0, 0.05) is 163 Å². The fourth-order valence-corrected chi connectivity index (χ4v) is 17.2. The van der Waals surface area contributed by atoms with Crippen molar-refractivity contribution in [3.05, 3.63) is 334 Å². The summed E-state index contributed by atoms with van der Waals surface area (Å²) in [6, 6.07) is 80.3. The van der Waals surface area contributed by atoms with E-state index in [1.165, 1.54) is 67.3 Å². The summed E-state index contributed by atoms with van der Waals surface area (Å²) in [5, 5.41) is 12.1. The van der Waals surface area contributed by atoms with Gasteiger partial charge in [-0.25, -0.2) is 0 Å². The van der Waals surface area contributed by atoms with Crippen molar-refractivity contribution in [3.8, 4) is 44.5 Å². The third-order valence-electron chi connectivity index (χ3n) is 24.3. The summed E-state index contributed by atoms with van der Waals surface area (Å²) in [5.41, 5.74) is 28.9. The number of carbonyl (C=O) groups excluding carboxylic acids is 4. The van der Waals surface area contributed by atoms with E-state index in [0.717, 1.165) is 170 Å². The van der Waals surface area contributed by atoms with Crippen LogP contribution in [0.1, 0.15) is 119 Å². The van der Waals surface area contributed by atoms with Crippen LogP contribution in [0.3, 0.4) is 0 Å². The Bertz CT molecular complexity index is 5480. The summed E-state index contributed by atoms with van der Waals surface area (Å²) >= 11 is 0. The number of amides is 4. The van der Waals surface area contributed by atoms with E-state index in [4.69, 9.17) is 18.9 Å². The number of nitrogens with zero attached hydrogens (tertiary/aromatic N) is 8. The molecule has 8 heterocycles. The molecule has 5 aliphatic rings. The van der Waals surface area contributed by atoms with Crippen LogP contribution in [0.25, 0.3) is 44.5 Å². The number of carbonyl (C=O) groups is 4. The molecule has 0 unspecified atom stereocenters. The van der Waals surface area contributed by atoms with Crippen LogP contribution in [0.4, 0.5) is 22.7 Å². The summed E-state index contributed by atoms with van der Waals surface area (Å²) < 4.78 is 22.2. The van der Waals surface area contributed by atoms with Gasteiger partial charge in [-0.3, -0.25) is 39.1 Å². The molecule has 4 aliphatic heterocycles. The first kappa shape index (κ1) is 90.5. The number of benzene rings is 8. The molecule has 4 N–H and O–H groups in total. The Labute approximate surface area is 748 Å². The average Bonchev–Trinajstić information content (AvgIpc) is 1.27. The lowest BCUT2D eigenvalue weighted by Gasteiger charge is -2.35. The first-order valence-corrected chi connectivity index (χ1v) is 44.7. The number of fused-ring (bicyclic) bond motifs is 1. The number of aryl methyl sites for hydroxylation is 6. The van der Waals surface area contributed by atoms with E-state index in [2.05, 4.69) is 238 Å². The predicted octanol–water partition coefficient (Wildman–Crippen LogP) is 17.4. The SMILES string of the molecule is Cc1cc(N2CCOC[C@@H]2C)ccc1-c1ccc(CC(=O)NCc2ccccc2)nc1.Cc1cc(N2CCOC[C@@H]2C)ccc1-c1ccc(CC(=O)NCc2ccccc2)nc1.Cc1cc(N2CCOC[C@@H]2C)ccc1-c1ccc(CC(=O)N[C@@H]2CCc3ccccc32)nc1.Cc1cccc(CNC(=O)Cc2ccc(-c3ccc(N4CCOC[C@@H]4C)cc3C)cn2)c1. The van der Waals surface area contributed by atoms with Gasteiger partial charge in [-0.05, 0) is 220 Å². The molecule has 8 aromatic carbocycles. The van der Waals surface area contributed by atoms with E-state index in [-0.39, 0.29) is 48.9 Å². The second-order valence-electron chi connectivity index (χ2n) is 34.0. The maximum Gasteiger partial charge on any atom is 0.226 e. The Morgan fingerprint density at radius 2 is 0.654 bits per heavy atom. The normalized spacial score (nSPS) is 17.1. The standard InChI is InChI=1S/C28H31N3O2.C27H31N3O2.2C26H29N3O2/c1-19-15-24(31-13-14-33-18-20(31)2)10-11-25(19)22-7-9-23(29-17-22)16-28(32)30-27-12-8-21-5-3-4-6-26(21)27;1-19-5-4-6-22(13-19)16-29-27(31)15-24-8-7-23(17-28-24)26-10-9-25(14-20(26)2)30-11-12-32-18-21(30)3;2*1-19-14-24(29-12-13-31-18-20(29)2)10-11-25(19)22-8-9-23(27-17-22)15-26(30)28-16-21-6-4-3-5-7-21/h3-7,9-11,15,17,20,27H,8,12-14,16,18H2,1-2H3,(H,30,32);4-10,13-14,17,21H,11-12,15-16,18H2,1-3H3,(H,29,31);2*3-11,14,17,20H,12-13,15-16,18H2,1-2H3,(H,28,30)/t20-,27+;21-;2*20-/m0000/s1. The Kier molecular flexibility index (Phi) is 31.7. The topological polar surface area (TPSA) is 218 Å². The third kappa shape index (κ3) is 25.1. The summed E-state index contributed by atoms with van der Waals surface area (Å²) in [4.78, 5) is 77.2. The van der Waals surface area contributed by atoms with Gasteiger partial charge in [0.2, 0.25) is 23.6 Å². The van der Waals surface area contributed by atoms with Crippen LogP contribution >= 0.6 is 0 Å². The molecule has 0 saturated carbocycles. The fourth-order valence-electron chi connectivity index (χ4n) is 17.2. The lowest BCUT2D eigenvalue weighted by molar-refractivity contribution is -0.122. The Hall–Kier alpha value is -12.7. The monoisotopic (exact) mass is 1700 g/mol. The van der Waals surface area contributed by atoms with Crippen molar-refractivity contribution in [1.82, 2.24) is 41.2 Å². The molecule has 20 nitrogen and oxygen atoms in total. The van der Waals surface area contributed by atoms with Crippen LogP contribution in [0.5, 0.6) is 0 Å². The lowest BCUT2D eigenvalue weighted by atomic mass is 10.00. The molecule has 12 aromatic rings. The number of aromatic nitrogens is 4. The summed E-state index contributed by atoms with van der Waals surface area (Å²) in [6.07, 6.45) is 10.6. The van der Waals surface area contributed by atoms with E-state index >= 15 is 0 Å². The highest BCUT2D eigenvalue weighted by atomic mass is 16.5. The van der Waals surface area contributed by atoms with Crippen molar-refractivity contribution in [2.24, 2.45) is 0 Å². The molecule has 17 rings (SSSR count). The van der Waals surface area contributed by atoms with Crippen LogP contribution < -0.4 is 40.9 Å². The molecule has 4 saturated heterocycles. The molecule has 4 fully saturated rings. The van der Waals surface area contributed by atoms with Crippen molar-refractivity contribution in [2.45, 2.75) is 151 Å². The summed E-state index contributed by atoms with van der Waals surface area (Å²) in [7, 11) is 0. The maximum atomic E-state index is 12.6. The van der Waals surface area contributed by atoms with Gasteiger partial charge in [0.25, 0.3) is 0 Å². The fraction of sp³-hybridized carbons (Fsp3) is 0.327. The third-order valence-corrected chi connectivity index (χ3v) is 24.3. The van der Waals surface area contributed by atoms with Gasteiger partial charge in [-0.1, -0.05) is 163 Å². The van der Waals surface area contributed by atoms with E-state index < -0.39 is 0 Å². The van der Waals surface area contributed by atoms with Gasteiger partial charge in [-0.15, -0.1) is 0 Å². The van der Waals surface area contributed by atoms with E-state index in [1.54, 1.807) is 0 Å². The van der Waals surface area contributed by atoms with Crippen molar-refractivity contribution >= 4 is 46.4 Å². The largest absolute Gasteiger partial charge is 0.377 e. The molecule has 4 aromatic heterocycles. The van der Waals surface area contributed by atoms with Gasteiger partial charge in [0.05, 0.1) is 84.6 Å². The number of hydrogen-bond acceptors (Lipinski definition) is 16. The van der Waals surface area contributed by atoms with Gasteiger partial charge in [-0.2, -0.15) is 0 Å². The van der Waals surface area contributed by atoms with Crippen LogP contribution in [0, 0.1) is 34.6 Å². The zero-order valence-electron chi connectivity index (χ0n) is 74.8. The van der Waals surface area contributed by atoms with Gasteiger partial charge in [0.1, 0.15) is 0 Å². The highest BCUT2D eigenvalue weighted by molar-refractivity contribution is 5.82. The molecule has 5 atom stereocenters. The quantitative estimate of drug-likeness (QED) is 0.0468. The molecular formula is C107H120N12O8. The highest BCUT2D eigenvalue weighted by Crippen LogP contribution is 2.36. The second kappa shape index (κ2) is 44.4. The zero-order chi connectivity index (χ0) is 88.5. The number of rotatable bonds is 23. The first-order chi connectivity index (χ1) is 61.8. The Morgan fingerprint density at radius 3 is 0.969 bits per heavy atom. The Morgan fingerprint density at radius 1 is 0.339 bits per heavy atom. The minimum absolute atomic E-state index is 0.0214. The predicted molar refractivity (Wildman–Crippen MR) is 508 cm³/mol. The first-order valence-electron chi connectivity index (χ1n) is 44.7. The molecule has 1 aliphatic carbocycles. The molecule has 4 amide bonds. The van der Waals surface area contributed by atoms with Crippen LogP contribution in [0.2, 0.25) is 0 Å². The smallest absolute Gasteiger partial charge is 0.226 e. The molecule has 127 heavy (non-hydrogen) atoms. The van der Waals surface area contributed by atoms with Gasteiger partial charge >= 0.3 is 0 Å². The molecule has 0 bridgehead atoms. The van der Waals surface area contributed by atoms with Crippen molar-refractivity contribution < 1.29 is 38.1 Å². The van der Waals surface area contributed by atoms with Crippen LogP contribution in [-0.2, 0) is 89.9 Å². The summed E-state index contributed by atoms with van der Waals surface area (Å²) in [5.74, 6) is -0.0439. The number of pyridine rings is 4. The van der Waals surface area contributed by atoms with E-state index in [0.29, 0.717) is 50.2 Å². The molecular weight excluding hydrogens is 1580 g/mol. The van der Waals surface area contributed by atoms with Crippen LogP contribution in [-0.4, -0.2) is 147 Å². The molecule has 0 radical (unpaired) electrons. The Balaban J connectivity index is 0.000000137. The zero-order valence-corrected chi connectivity index (χ0v) is 74.8. The van der Waals surface area contributed by atoms with Crippen molar-refractivity contribution in [3.63, 3.8) is 0 Å². The van der Waals surface area contributed by atoms with E-state index in [1.807, 2.05) is 140 Å². The van der Waals surface area contributed by atoms with Gasteiger partial charge in [0.15, 0.2) is 0 Å². The number of nitrogens with one attached hydrogen (secondary N) is 4.